The topological polar surface area (TPSA) is 79.9 Å². The summed E-state index contributed by atoms with van der Waals surface area (Å²) >= 11 is 5.87. The molecule has 2 aliphatic rings. The summed E-state index contributed by atoms with van der Waals surface area (Å²) in [5.74, 6) is 1.12. The third-order valence-electron chi connectivity index (χ3n) is 4.27. The van der Waals surface area contributed by atoms with Gasteiger partial charge in [-0.3, -0.25) is 9.69 Å². The molecule has 1 unspecified atom stereocenters. The van der Waals surface area contributed by atoms with Crippen LogP contribution in [0.2, 0.25) is 5.02 Å². The van der Waals surface area contributed by atoms with Gasteiger partial charge in [-0.15, -0.1) is 0 Å². The number of amides is 3. The Balaban J connectivity index is 1.36. The highest BCUT2D eigenvalue weighted by Crippen LogP contribution is 2.32. The Morgan fingerprint density at radius 2 is 1.96 bits per heavy atom. The summed E-state index contributed by atoms with van der Waals surface area (Å²) in [6, 6.07) is 11.5. The lowest BCUT2D eigenvalue weighted by Crippen LogP contribution is -2.42. The van der Waals surface area contributed by atoms with Gasteiger partial charge in [0.15, 0.2) is 11.5 Å². The SMILES string of the molecule is O=C(NCc1ccc2c(c1)OCO2)C1CN(c2ccc(Cl)cc2)C(=O)N1. The molecule has 2 heterocycles. The predicted octanol–water partition coefficient (Wildman–Crippen LogP) is 2.28. The van der Waals surface area contributed by atoms with Crippen molar-refractivity contribution < 1.29 is 19.1 Å². The van der Waals surface area contributed by atoms with Gasteiger partial charge >= 0.3 is 6.03 Å². The molecule has 3 amide bonds. The van der Waals surface area contributed by atoms with Crippen LogP contribution in [0.1, 0.15) is 5.56 Å². The van der Waals surface area contributed by atoms with Crippen LogP contribution in [0.5, 0.6) is 11.5 Å². The third-order valence-corrected chi connectivity index (χ3v) is 4.52. The second-order valence-corrected chi connectivity index (χ2v) is 6.43. The van der Waals surface area contributed by atoms with Crippen molar-refractivity contribution in [2.75, 3.05) is 18.2 Å². The normalized spacial score (nSPS) is 18.0. The molecule has 0 saturated carbocycles. The summed E-state index contributed by atoms with van der Waals surface area (Å²) in [5, 5.41) is 6.12. The predicted molar refractivity (Wildman–Crippen MR) is 95.5 cm³/mol. The molecule has 2 aromatic rings. The van der Waals surface area contributed by atoms with Crippen molar-refractivity contribution in [1.29, 1.82) is 0 Å². The molecular formula is C18H16ClN3O4. The minimum Gasteiger partial charge on any atom is -0.454 e. The van der Waals surface area contributed by atoms with E-state index in [1.165, 1.54) is 4.90 Å². The van der Waals surface area contributed by atoms with Crippen molar-refractivity contribution in [3.05, 3.63) is 53.1 Å². The second-order valence-electron chi connectivity index (χ2n) is 5.99. The van der Waals surface area contributed by atoms with Crippen LogP contribution in [-0.2, 0) is 11.3 Å². The van der Waals surface area contributed by atoms with Crippen LogP contribution in [0.3, 0.4) is 0 Å². The Labute approximate surface area is 154 Å². The standard InChI is InChI=1S/C18H16ClN3O4/c19-12-2-4-13(5-3-12)22-9-14(21-18(22)24)17(23)20-8-11-1-6-15-16(7-11)26-10-25-15/h1-7,14H,8-10H2,(H,20,23)(H,21,24). The molecule has 26 heavy (non-hydrogen) atoms. The lowest BCUT2D eigenvalue weighted by atomic mass is 10.2. The van der Waals surface area contributed by atoms with Gasteiger partial charge in [0.25, 0.3) is 0 Å². The van der Waals surface area contributed by atoms with Crippen LogP contribution in [0.25, 0.3) is 0 Å². The minimum atomic E-state index is -0.618. The van der Waals surface area contributed by atoms with Gasteiger partial charge in [-0.1, -0.05) is 17.7 Å². The molecule has 1 fully saturated rings. The Hall–Kier alpha value is -2.93. The number of anilines is 1. The first-order valence-electron chi connectivity index (χ1n) is 8.10. The summed E-state index contributed by atoms with van der Waals surface area (Å²) in [6.07, 6.45) is 0. The average molecular weight is 374 g/mol. The summed E-state index contributed by atoms with van der Waals surface area (Å²) in [7, 11) is 0. The van der Waals surface area contributed by atoms with Crippen LogP contribution in [0, 0.1) is 0 Å². The molecule has 0 aliphatic carbocycles. The number of halogens is 1. The Morgan fingerprint density at radius 3 is 2.77 bits per heavy atom. The molecule has 2 N–H and O–H groups in total. The number of fused-ring (bicyclic) bond motifs is 1. The van der Waals surface area contributed by atoms with Gasteiger partial charge in [-0.05, 0) is 42.0 Å². The van der Waals surface area contributed by atoms with E-state index in [-0.39, 0.29) is 25.3 Å². The first-order chi connectivity index (χ1) is 12.6. The number of ether oxygens (including phenoxy) is 2. The van der Waals surface area contributed by atoms with Gasteiger partial charge in [0, 0.05) is 17.3 Å². The van der Waals surface area contributed by atoms with Gasteiger partial charge in [0.1, 0.15) is 6.04 Å². The average Bonchev–Trinajstić information content (AvgIpc) is 3.26. The van der Waals surface area contributed by atoms with Gasteiger partial charge in [0.05, 0.1) is 6.54 Å². The molecule has 134 valence electrons. The van der Waals surface area contributed by atoms with E-state index in [9.17, 15) is 9.59 Å². The van der Waals surface area contributed by atoms with Gasteiger partial charge < -0.3 is 20.1 Å². The highest BCUT2D eigenvalue weighted by molar-refractivity contribution is 6.30. The molecule has 7 nitrogen and oxygen atoms in total. The van der Waals surface area contributed by atoms with Crippen molar-refractivity contribution in [3.63, 3.8) is 0 Å². The molecular weight excluding hydrogens is 358 g/mol. The quantitative estimate of drug-likeness (QED) is 0.861. The largest absolute Gasteiger partial charge is 0.454 e. The molecule has 0 spiro atoms. The fourth-order valence-electron chi connectivity index (χ4n) is 2.89. The Bertz CT molecular complexity index is 856. The Kier molecular flexibility index (Phi) is 4.30. The lowest BCUT2D eigenvalue weighted by molar-refractivity contribution is -0.122. The molecule has 0 bridgehead atoms. The number of hydrogen-bond donors (Lipinski definition) is 2. The summed E-state index contributed by atoms with van der Waals surface area (Å²) in [6.45, 7) is 0.802. The first kappa shape index (κ1) is 16.5. The number of carbonyl (C=O) groups excluding carboxylic acids is 2. The van der Waals surface area contributed by atoms with Crippen LogP contribution in [-0.4, -0.2) is 31.3 Å². The summed E-state index contributed by atoms with van der Waals surface area (Å²) in [4.78, 5) is 26.1. The van der Waals surface area contributed by atoms with Crippen molar-refractivity contribution >= 4 is 29.2 Å². The van der Waals surface area contributed by atoms with Gasteiger partial charge in [-0.2, -0.15) is 0 Å². The zero-order chi connectivity index (χ0) is 18.1. The van der Waals surface area contributed by atoms with E-state index in [1.807, 2.05) is 18.2 Å². The number of rotatable bonds is 4. The van der Waals surface area contributed by atoms with Crippen molar-refractivity contribution in [2.24, 2.45) is 0 Å². The molecule has 1 saturated heterocycles. The maximum atomic E-state index is 12.4. The minimum absolute atomic E-state index is 0.208. The van der Waals surface area contributed by atoms with E-state index in [1.54, 1.807) is 24.3 Å². The number of hydrogen-bond acceptors (Lipinski definition) is 4. The highest BCUT2D eigenvalue weighted by Gasteiger charge is 2.34. The maximum absolute atomic E-state index is 12.4. The molecule has 4 rings (SSSR count). The van der Waals surface area contributed by atoms with Crippen molar-refractivity contribution in [2.45, 2.75) is 12.6 Å². The lowest BCUT2D eigenvalue weighted by Gasteiger charge is -2.14. The smallest absolute Gasteiger partial charge is 0.322 e. The number of carbonyl (C=O) groups is 2. The number of nitrogens with one attached hydrogen (secondary N) is 2. The second kappa shape index (κ2) is 6.76. The van der Waals surface area contributed by atoms with Crippen LogP contribution in [0.4, 0.5) is 10.5 Å². The number of urea groups is 1. The summed E-state index contributed by atoms with van der Waals surface area (Å²) < 4.78 is 10.6. The van der Waals surface area contributed by atoms with E-state index in [2.05, 4.69) is 10.6 Å². The third kappa shape index (κ3) is 3.25. The molecule has 8 heteroatoms. The molecule has 0 radical (unpaired) electrons. The zero-order valence-corrected chi connectivity index (χ0v) is 14.5. The molecule has 1 atom stereocenters. The van der Waals surface area contributed by atoms with Gasteiger partial charge in [0.2, 0.25) is 12.7 Å². The van der Waals surface area contributed by atoms with E-state index < -0.39 is 6.04 Å². The van der Waals surface area contributed by atoms with Crippen LogP contribution >= 0.6 is 11.6 Å². The number of nitrogens with zero attached hydrogens (tertiary/aromatic N) is 1. The maximum Gasteiger partial charge on any atom is 0.322 e. The van der Waals surface area contributed by atoms with Crippen LogP contribution in [0.15, 0.2) is 42.5 Å². The fraction of sp³-hybridized carbons (Fsp3) is 0.222. The first-order valence-corrected chi connectivity index (χ1v) is 8.48. The summed E-state index contributed by atoms with van der Waals surface area (Å²) in [5.41, 5.74) is 1.58. The molecule has 2 aliphatic heterocycles. The van der Waals surface area contributed by atoms with Gasteiger partial charge in [-0.25, -0.2) is 4.79 Å². The highest BCUT2D eigenvalue weighted by atomic mass is 35.5. The van der Waals surface area contributed by atoms with Crippen molar-refractivity contribution in [1.82, 2.24) is 10.6 Å². The van der Waals surface area contributed by atoms with Crippen LogP contribution < -0.4 is 25.0 Å². The Morgan fingerprint density at radius 1 is 1.19 bits per heavy atom. The van der Waals surface area contributed by atoms with Crippen molar-refractivity contribution in [3.8, 4) is 11.5 Å². The number of benzene rings is 2. The molecule has 0 aromatic heterocycles. The van der Waals surface area contributed by atoms with E-state index in [0.29, 0.717) is 28.8 Å². The monoisotopic (exact) mass is 373 g/mol. The van der Waals surface area contributed by atoms with E-state index in [0.717, 1.165) is 5.56 Å². The van der Waals surface area contributed by atoms with E-state index in [4.69, 9.17) is 21.1 Å². The molecule has 2 aromatic carbocycles. The van der Waals surface area contributed by atoms with E-state index >= 15 is 0 Å². The zero-order valence-electron chi connectivity index (χ0n) is 13.7. The fourth-order valence-corrected chi connectivity index (χ4v) is 3.02.